The maximum atomic E-state index is 15.9. The Kier molecular flexibility index (Phi) is 15.9. The minimum atomic E-state index is -4.54. The number of halogens is 2. The Hall–Kier alpha value is -5.62. The fourth-order valence-electron chi connectivity index (χ4n) is 5.46. The van der Waals surface area contributed by atoms with Gasteiger partial charge < -0.3 is 30.2 Å². The Morgan fingerprint density at radius 1 is 0.618 bits per heavy atom. The van der Waals surface area contributed by atoms with Gasteiger partial charge in [0.1, 0.15) is 25.0 Å². The predicted octanol–water partition coefficient (Wildman–Crippen LogP) is 6.81. The molecule has 10 nitrogen and oxygen atoms in total. The van der Waals surface area contributed by atoms with Crippen molar-refractivity contribution in [2.75, 3.05) is 6.61 Å². The maximum absolute atomic E-state index is 15.9. The van der Waals surface area contributed by atoms with Crippen LogP contribution in [0.5, 0.6) is 5.75 Å². The summed E-state index contributed by atoms with van der Waals surface area (Å²) >= 11 is 0. The van der Waals surface area contributed by atoms with Crippen LogP contribution in [-0.2, 0) is 50.1 Å². The SMILES string of the molecule is CC(C)[C@H](COCc1ccccc1)NC(=O)C(F)(F)C(=O)C(Cc1ccc(OCc2ccccc2)cc1)NC(=O)[C@@H](NC(=O)OCc1ccccc1)C(C)C. The number of nitrogens with one attached hydrogen (secondary N) is 3. The van der Waals surface area contributed by atoms with Gasteiger partial charge in [0.05, 0.1) is 25.3 Å². The summed E-state index contributed by atoms with van der Waals surface area (Å²) in [5, 5.41) is 7.17. The Morgan fingerprint density at radius 2 is 1.15 bits per heavy atom. The zero-order chi connectivity index (χ0) is 39.8. The van der Waals surface area contributed by atoms with Crippen LogP contribution < -0.4 is 20.7 Å². The van der Waals surface area contributed by atoms with E-state index in [0.29, 0.717) is 23.5 Å². The molecule has 0 radical (unpaired) electrons. The minimum Gasteiger partial charge on any atom is -0.489 e. The lowest BCUT2D eigenvalue weighted by Gasteiger charge is -2.28. The second-order valence-corrected chi connectivity index (χ2v) is 13.9. The van der Waals surface area contributed by atoms with E-state index in [1.165, 1.54) is 0 Å². The Labute approximate surface area is 321 Å². The fraction of sp³-hybridized carbons (Fsp3) is 0.349. The van der Waals surface area contributed by atoms with Crippen LogP contribution in [0.4, 0.5) is 13.6 Å². The van der Waals surface area contributed by atoms with Gasteiger partial charge in [0.2, 0.25) is 11.7 Å². The van der Waals surface area contributed by atoms with Gasteiger partial charge in [-0.1, -0.05) is 131 Å². The van der Waals surface area contributed by atoms with Crippen molar-refractivity contribution in [3.63, 3.8) is 0 Å². The van der Waals surface area contributed by atoms with Crippen molar-refractivity contribution < 1.29 is 42.2 Å². The van der Waals surface area contributed by atoms with Gasteiger partial charge in [0.25, 0.3) is 5.91 Å². The third-order valence-electron chi connectivity index (χ3n) is 8.80. The normalized spacial score (nSPS) is 13.0. The van der Waals surface area contributed by atoms with E-state index in [2.05, 4.69) is 16.0 Å². The Morgan fingerprint density at radius 3 is 1.67 bits per heavy atom. The molecule has 4 aromatic carbocycles. The van der Waals surface area contributed by atoms with Crippen molar-refractivity contribution in [3.05, 3.63) is 138 Å². The van der Waals surface area contributed by atoms with Gasteiger partial charge in [-0.05, 0) is 46.2 Å². The highest BCUT2D eigenvalue weighted by Crippen LogP contribution is 2.23. The molecule has 0 aliphatic heterocycles. The van der Waals surface area contributed by atoms with Crippen LogP contribution >= 0.6 is 0 Å². The lowest BCUT2D eigenvalue weighted by Crippen LogP contribution is -2.60. The molecule has 55 heavy (non-hydrogen) atoms. The van der Waals surface area contributed by atoms with Crippen LogP contribution in [0.2, 0.25) is 0 Å². The highest BCUT2D eigenvalue weighted by atomic mass is 19.3. The largest absolute Gasteiger partial charge is 0.489 e. The van der Waals surface area contributed by atoms with E-state index in [0.717, 1.165) is 11.1 Å². The van der Waals surface area contributed by atoms with Gasteiger partial charge in [-0.15, -0.1) is 0 Å². The number of amides is 3. The number of alkyl carbamates (subject to hydrolysis) is 1. The zero-order valence-corrected chi connectivity index (χ0v) is 31.5. The van der Waals surface area contributed by atoms with Crippen LogP contribution in [0.3, 0.4) is 0 Å². The highest BCUT2D eigenvalue weighted by molar-refractivity contribution is 6.10. The second-order valence-electron chi connectivity index (χ2n) is 13.9. The number of hydrogen-bond donors (Lipinski definition) is 3. The molecule has 4 rings (SSSR count). The smallest absolute Gasteiger partial charge is 0.408 e. The van der Waals surface area contributed by atoms with Crippen LogP contribution in [0.1, 0.15) is 49.9 Å². The maximum Gasteiger partial charge on any atom is 0.408 e. The number of benzene rings is 4. The van der Waals surface area contributed by atoms with E-state index in [1.807, 2.05) is 66.7 Å². The van der Waals surface area contributed by atoms with E-state index in [9.17, 15) is 19.2 Å². The molecule has 3 N–H and O–H groups in total. The highest BCUT2D eigenvalue weighted by Gasteiger charge is 2.51. The average molecular weight is 758 g/mol. The number of alkyl halides is 2. The second kappa shape index (κ2) is 20.7. The zero-order valence-electron chi connectivity index (χ0n) is 31.5. The summed E-state index contributed by atoms with van der Waals surface area (Å²) in [6.45, 7) is 7.09. The molecular formula is C43H49F2N3O7. The van der Waals surface area contributed by atoms with E-state index in [1.54, 1.807) is 76.2 Å². The number of ketones is 1. The van der Waals surface area contributed by atoms with Crippen LogP contribution in [0.25, 0.3) is 0 Å². The Bertz CT molecular complexity index is 1810. The average Bonchev–Trinajstić information content (AvgIpc) is 3.18. The number of rotatable bonds is 20. The molecule has 3 amide bonds. The van der Waals surface area contributed by atoms with Crippen LogP contribution in [0.15, 0.2) is 115 Å². The summed E-state index contributed by atoms with van der Waals surface area (Å²) < 4.78 is 48.7. The van der Waals surface area contributed by atoms with E-state index in [-0.39, 0.29) is 32.2 Å². The quantitative estimate of drug-likeness (QED) is 0.0845. The molecule has 0 saturated heterocycles. The van der Waals surface area contributed by atoms with Crippen LogP contribution in [-0.4, -0.2) is 54.3 Å². The predicted molar refractivity (Wildman–Crippen MR) is 204 cm³/mol. The monoisotopic (exact) mass is 757 g/mol. The number of hydrogen-bond acceptors (Lipinski definition) is 7. The van der Waals surface area contributed by atoms with Crippen molar-refractivity contribution in [2.24, 2.45) is 11.8 Å². The molecule has 1 unspecified atom stereocenters. The first-order chi connectivity index (χ1) is 26.3. The van der Waals surface area contributed by atoms with Crippen molar-refractivity contribution in [1.82, 2.24) is 16.0 Å². The number of ether oxygens (including phenoxy) is 3. The summed E-state index contributed by atoms with van der Waals surface area (Å²) in [6.07, 6.45) is -1.30. The first-order valence-electron chi connectivity index (χ1n) is 18.2. The summed E-state index contributed by atoms with van der Waals surface area (Å²) in [6, 6.07) is 30.1. The summed E-state index contributed by atoms with van der Waals surface area (Å²) in [7, 11) is 0. The van der Waals surface area contributed by atoms with E-state index >= 15 is 8.78 Å². The number of carbonyl (C=O) groups excluding carboxylic acids is 4. The molecule has 4 aromatic rings. The third-order valence-corrected chi connectivity index (χ3v) is 8.80. The van der Waals surface area contributed by atoms with E-state index in [4.69, 9.17) is 14.2 Å². The third kappa shape index (κ3) is 13.3. The van der Waals surface area contributed by atoms with Crippen molar-refractivity contribution in [1.29, 1.82) is 0 Å². The lowest BCUT2D eigenvalue weighted by molar-refractivity contribution is -0.161. The van der Waals surface area contributed by atoms with Gasteiger partial charge in [0.15, 0.2) is 0 Å². The molecule has 0 heterocycles. The molecule has 0 aliphatic carbocycles. The minimum absolute atomic E-state index is 0.0682. The first kappa shape index (κ1) is 42.1. The van der Waals surface area contributed by atoms with E-state index < -0.39 is 53.7 Å². The molecule has 0 fully saturated rings. The molecule has 292 valence electrons. The lowest BCUT2D eigenvalue weighted by atomic mass is 9.96. The number of Topliss-reactive ketones (excluding diaryl/α,β-unsaturated/α-hetero) is 1. The molecule has 3 atom stereocenters. The fourth-order valence-corrected chi connectivity index (χ4v) is 5.46. The molecule has 0 bridgehead atoms. The molecule has 0 aliphatic rings. The molecule has 12 heteroatoms. The van der Waals surface area contributed by atoms with Gasteiger partial charge in [-0.2, -0.15) is 8.78 Å². The summed E-state index contributed by atoms with van der Waals surface area (Å²) in [5.41, 5.74) is 2.94. The molecular weight excluding hydrogens is 708 g/mol. The van der Waals surface area contributed by atoms with Gasteiger partial charge >= 0.3 is 12.0 Å². The van der Waals surface area contributed by atoms with Crippen molar-refractivity contribution in [3.8, 4) is 5.75 Å². The van der Waals surface area contributed by atoms with Crippen molar-refractivity contribution in [2.45, 2.75) is 78.0 Å². The van der Waals surface area contributed by atoms with Gasteiger partial charge in [-0.25, -0.2) is 4.79 Å². The van der Waals surface area contributed by atoms with Gasteiger partial charge in [-0.3, -0.25) is 14.4 Å². The summed E-state index contributed by atoms with van der Waals surface area (Å²) in [4.78, 5) is 53.2. The molecule has 0 aromatic heterocycles. The first-order valence-corrected chi connectivity index (χ1v) is 18.2. The molecule has 0 saturated carbocycles. The number of carbonyl (C=O) groups is 4. The summed E-state index contributed by atoms with van der Waals surface area (Å²) in [5.74, 6) is -9.43. The standard InChI is InChI=1S/C43H49F2N3O7/c1-29(2)37(28-53-25-32-14-8-5-9-15-32)47-41(51)43(44,45)39(49)36(24-31-20-22-35(23-21-31)54-26-33-16-10-6-11-17-33)46-40(50)38(30(3)4)48-42(52)55-27-34-18-12-7-13-19-34/h5-23,29-30,36-38H,24-28H2,1-4H3,(H,46,50)(H,47,51)(H,48,52)/t36?,37-,38-/m0/s1. The van der Waals surface area contributed by atoms with Gasteiger partial charge in [0, 0.05) is 6.42 Å². The van der Waals surface area contributed by atoms with Crippen LogP contribution in [0, 0.1) is 11.8 Å². The van der Waals surface area contributed by atoms with Crippen molar-refractivity contribution >= 4 is 23.7 Å². The Balaban J connectivity index is 1.49. The molecule has 0 spiro atoms. The topological polar surface area (TPSA) is 132 Å².